The number of aryl methyl sites for hydroxylation is 1. The highest BCUT2D eigenvalue weighted by Crippen LogP contribution is 2.23. The molecule has 1 unspecified atom stereocenters. The maximum atomic E-state index is 12.3. The number of hydrogen-bond acceptors (Lipinski definition) is 3. The van der Waals surface area contributed by atoms with Gasteiger partial charge in [-0.25, -0.2) is 5.43 Å². The average molecular weight is 407 g/mol. The Morgan fingerprint density at radius 1 is 1.00 bits per heavy atom. The van der Waals surface area contributed by atoms with Crippen LogP contribution in [-0.2, 0) is 4.79 Å². The van der Waals surface area contributed by atoms with Gasteiger partial charge in [-0.1, -0.05) is 66.2 Å². The molecule has 0 bridgehead atoms. The predicted octanol–water partition coefficient (Wildman–Crippen LogP) is 5.62. The summed E-state index contributed by atoms with van der Waals surface area (Å²) in [4.78, 5) is 12.3. The fraction of sp³-hybridized carbons (Fsp3) is 0.167. The number of rotatable bonds is 6. The first-order valence-electron chi connectivity index (χ1n) is 9.37. The summed E-state index contributed by atoms with van der Waals surface area (Å²) in [5.41, 5.74) is 7.39. The molecule has 0 saturated heterocycles. The molecule has 0 radical (unpaired) electrons. The summed E-state index contributed by atoms with van der Waals surface area (Å²) in [7, 11) is 0. The summed E-state index contributed by atoms with van der Waals surface area (Å²) in [5, 5.41) is 4.84. The largest absolute Gasteiger partial charge is 0.481 e. The van der Waals surface area contributed by atoms with Crippen LogP contribution in [0, 0.1) is 6.92 Å². The molecule has 0 aromatic heterocycles. The number of hydrogen-bond donors (Lipinski definition) is 1. The fourth-order valence-corrected chi connectivity index (χ4v) is 3.04. The van der Waals surface area contributed by atoms with Gasteiger partial charge in [-0.15, -0.1) is 0 Å². The minimum absolute atomic E-state index is 0.320. The summed E-state index contributed by atoms with van der Waals surface area (Å²) >= 11 is 5.95. The van der Waals surface area contributed by atoms with Crippen LogP contribution in [0.3, 0.4) is 0 Å². The highest BCUT2D eigenvalue weighted by Gasteiger charge is 2.15. The van der Waals surface area contributed by atoms with Crippen LogP contribution in [0.1, 0.15) is 25.0 Å². The van der Waals surface area contributed by atoms with Crippen molar-refractivity contribution in [1.82, 2.24) is 5.43 Å². The van der Waals surface area contributed by atoms with E-state index in [0.29, 0.717) is 16.5 Å². The summed E-state index contributed by atoms with van der Waals surface area (Å²) in [6.45, 7) is 5.42. The van der Waals surface area contributed by atoms with Crippen LogP contribution in [-0.4, -0.2) is 17.7 Å². The maximum Gasteiger partial charge on any atom is 0.280 e. The van der Waals surface area contributed by atoms with E-state index in [-0.39, 0.29) is 5.91 Å². The van der Waals surface area contributed by atoms with Gasteiger partial charge in [-0.2, -0.15) is 5.10 Å². The molecule has 3 rings (SSSR count). The van der Waals surface area contributed by atoms with Gasteiger partial charge in [0, 0.05) is 5.02 Å². The number of benzene rings is 3. The van der Waals surface area contributed by atoms with Gasteiger partial charge in [-0.05, 0) is 61.2 Å². The second-order valence-corrected chi connectivity index (χ2v) is 7.22. The molecule has 0 aliphatic carbocycles. The van der Waals surface area contributed by atoms with Gasteiger partial charge >= 0.3 is 0 Å². The van der Waals surface area contributed by atoms with Gasteiger partial charge in [0.1, 0.15) is 5.75 Å². The molecule has 1 N–H and O–H groups in total. The van der Waals surface area contributed by atoms with Crippen molar-refractivity contribution in [2.24, 2.45) is 5.10 Å². The molecule has 5 heteroatoms. The minimum Gasteiger partial charge on any atom is -0.481 e. The average Bonchev–Trinajstić information content (AvgIpc) is 2.74. The van der Waals surface area contributed by atoms with Crippen molar-refractivity contribution in [3.05, 3.63) is 88.9 Å². The third kappa shape index (κ3) is 5.46. The van der Waals surface area contributed by atoms with Crippen LogP contribution < -0.4 is 10.2 Å². The molecule has 1 atom stereocenters. The Balaban J connectivity index is 1.61. The topological polar surface area (TPSA) is 50.7 Å². The van der Waals surface area contributed by atoms with Crippen LogP contribution in [0.25, 0.3) is 11.1 Å². The number of hydrazone groups is 1. The lowest BCUT2D eigenvalue weighted by molar-refractivity contribution is -0.127. The zero-order chi connectivity index (χ0) is 20.8. The molecular weight excluding hydrogens is 384 g/mol. The second kappa shape index (κ2) is 9.39. The van der Waals surface area contributed by atoms with Crippen LogP contribution in [0.5, 0.6) is 5.75 Å². The van der Waals surface area contributed by atoms with E-state index in [1.54, 1.807) is 25.1 Å². The summed E-state index contributed by atoms with van der Waals surface area (Å²) in [5.74, 6) is 0.300. The van der Waals surface area contributed by atoms with E-state index in [2.05, 4.69) is 22.7 Å². The maximum absolute atomic E-state index is 12.3. The molecule has 0 heterocycles. The molecule has 148 valence electrons. The monoisotopic (exact) mass is 406 g/mol. The molecule has 0 spiro atoms. The summed E-state index contributed by atoms with van der Waals surface area (Å²) in [6.07, 6.45) is -0.688. The Hall–Kier alpha value is -3.11. The van der Waals surface area contributed by atoms with Crippen molar-refractivity contribution in [2.45, 2.75) is 26.9 Å². The normalized spacial score (nSPS) is 12.3. The number of halogens is 1. The number of ether oxygens (including phenoxy) is 1. The molecule has 3 aromatic rings. The summed E-state index contributed by atoms with van der Waals surface area (Å²) < 4.78 is 5.72. The van der Waals surface area contributed by atoms with Gasteiger partial charge in [0.25, 0.3) is 5.91 Å². The third-order valence-electron chi connectivity index (χ3n) is 4.55. The van der Waals surface area contributed by atoms with Crippen LogP contribution in [0.4, 0.5) is 0 Å². The smallest absolute Gasteiger partial charge is 0.280 e. The van der Waals surface area contributed by atoms with Crippen LogP contribution in [0.15, 0.2) is 77.9 Å². The molecular formula is C24H23ClN2O2. The molecule has 0 aliphatic heterocycles. The van der Waals surface area contributed by atoms with Gasteiger partial charge < -0.3 is 4.74 Å². The van der Waals surface area contributed by atoms with Crippen molar-refractivity contribution in [2.75, 3.05) is 0 Å². The van der Waals surface area contributed by atoms with E-state index in [0.717, 1.165) is 22.3 Å². The predicted molar refractivity (Wildman–Crippen MR) is 119 cm³/mol. The highest BCUT2D eigenvalue weighted by molar-refractivity contribution is 6.30. The van der Waals surface area contributed by atoms with Crippen molar-refractivity contribution in [3.8, 4) is 16.9 Å². The van der Waals surface area contributed by atoms with Gasteiger partial charge in [-0.3, -0.25) is 4.79 Å². The first kappa shape index (κ1) is 20.6. The van der Waals surface area contributed by atoms with Gasteiger partial charge in [0.2, 0.25) is 0 Å². The number of carbonyl (C=O) groups is 1. The zero-order valence-electron chi connectivity index (χ0n) is 16.6. The molecule has 4 nitrogen and oxygen atoms in total. The van der Waals surface area contributed by atoms with Crippen molar-refractivity contribution in [1.29, 1.82) is 0 Å². The van der Waals surface area contributed by atoms with Crippen LogP contribution >= 0.6 is 11.6 Å². The van der Waals surface area contributed by atoms with Gasteiger partial charge in [0.15, 0.2) is 6.10 Å². The number of carbonyl (C=O) groups excluding carboxylic acids is 1. The minimum atomic E-state index is -0.688. The van der Waals surface area contributed by atoms with E-state index in [1.165, 1.54) is 0 Å². The Kier molecular flexibility index (Phi) is 6.68. The van der Waals surface area contributed by atoms with Crippen molar-refractivity contribution in [3.63, 3.8) is 0 Å². The molecule has 0 saturated carbocycles. The Morgan fingerprint density at radius 2 is 1.66 bits per heavy atom. The summed E-state index contributed by atoms with van der Waals surface area (Å²) in [6, 6.07) is 23.5. The number of nitrogens with zero attached hydrogens (tertiary/aromatic N) is 1. The van der Waals surface area contributed by atoms with Crippen molar-refractivity contribution < 1.29 is 9.53 Å². The quantitative estimate of drug-likeness (QED) is 0.426. The number of nitrogens with one attached hydrogen (secondary N) is 1. The molecule has 1 amide bonds. The standard InChI is InChI=1S/C24H23ClN2O2/c1-16-15-22(25)13-14-23(16)29-18(3)24(28)27-26-17(2)19-9-11-21(12-10-19)20-7-5-4-6-8-20/h4-15,18H,1-3H3,(H,27,28). The lowest BCUT2D eigenvalue weighted by Crippen LogP contribution is -2.34. The van der Waals surface area contributed by atoms with Gasteiger partial charge in [0.05, 0.1) is 5.71 Å². The number of amides is 1. The fourth-order valence-electron chi connectivity index (χ4n) is 2.82. The van der Waals surface area contributed by atoms with E-state index >= 15 is 0 Å². The SMILES string of the molecule is CC(=NNC(=O)C(C)Oc1ccc(Cl)cc1C)c1ccc(-c2ccccc2)cc1. The lowest BCUT2D eigenvalue weighted by Gasteiger charge is -2.15. The second-order valence-electron chi connectivity index (χ2n) is 6.79. The lowest BCUT2D eigenvalue weighted by atomic mass is 10.0. The molecule has 3 aromatic carbocycles. The first-order chi connectivity index (χ1) is 13.9. The van der Waals surface area contributed by atoms with E-state index in [1.807, 2.05) is 56.3 Å². The Morgan fingerprint density at radius 3 is 2.31 bits per heavy atom. The Labute approximate surface area is 176 Å². The van der Waals surface area contributed by atoms with E-state index in [9.17, 15) is 4.79 Å². The Bertz CT molecular complexity index is 1010. The highest BCUT2D eigenvalue weighted by atomic mass is 35.5. The van der Waals surface area contributed by atoms with Crippen molar-refractivity contribution >= 4 is 23.2 Å². The third-order valence-corrected chi connectivity index (χ3v) is 4.79. The van der Waals surface area contributed by atoms with Crippen LogP contribution in [0.2, 0.25) is 5.02 Å². The van der Waals surface area contributed by atoms with E-state index in [4.69, 9.17) is 16.3 Å². The first-order valence-corrected chi connectivity index (χ1v) is 9.74. The van der Waals surface area contributed by atoms with E-state index < -0.39 is 6.10 Å². The molecule has 0 fully saturated rings. The molecule has 0 aliphatic rings. The zero-order valence-corrected chi connectivity index (χ0v) is 17.4. The molecule has 29 heavy (non-hydrogen) atoms.